The van der Waals surface area contributed by atoms with Crippen LogP contribution in [0.25, 0.3) is 0 Å². The molecule has 2 heterocycles. The Labute approximate surface area is 147 Å². The SMILES string of the molecule is COc1ccccc1NC(=O)N1CCC(Oc2ccc(C)nn2)CC1. The molecular formula is C18H22N4O3. The van der Waals surface area contributed by atoms with Crippen LogP contribution >= 0.6 is 0 Å². The molecule has 0 bridgehead atoms. The zero-order valence-electron chi connectivity index (χ0n) is 14.4. The fourth-order valence-electron chi connectivity index (χ4n) is 2.74. The second kappa shape index (κ2) is 7.83. The Morgan fingerprint density at radius 2 is 1.92 bits per heavy atom. The first kappa shape index (κ1) is 17.0. The van der Waals surface area contributed by atoms with Gasteiger partial charge in [-0.05, 0) is 25.1 Å². The second-order valence-corrected chi connectivity index (χ2v) is 5.95. The highest BCUT2D eigenvalue weighted by atomic mass is 16.5. The van der Waals surface area contributed by atoms with Gasteiger partial charge in [-0.1, -0.05) is 12.1 Å². The van der Waals surface area contributed by atoms with Crippen LogP contribution in [0.5, 0.6) is 11.6 Å². The van der Waals surface area contributed by atoms with Crippen LogP contribution in [0.2, 0.25) is 0 Å². The Kier molecular flexibility index (Phi) is 5.33. The first-order valence-electron chi connectivity index (χ1n) is 8.31. The minimum absolute atomic E-state index is 0.0484. The van der Waals surface area contributed by atoms with Crippen LogP contribution in [0.15, 0.2) is 36.4 Å². The molecule has 7 nitrogen and oxygen atoms in total. The lowest BCUT2D eigenvalue weighted by Crippen LogP contribution is -2.43. The summed E-state index contributed by atoms with van der Waals surface area (Å²) < 4.78 is 11.1. The minimum atomic E-state index is -0.127. The molecule has 3 rings (SSSR count). The van der Waals surface area contributed by atoms with Gasteiger partial charge in [0.15, 0.2) is 0 Å². The van der Waals surface area contributed by atoms with Crippen molar-refractivity contribution < 1.29 is 14.3 Å². The molecule has 1 aliphatic heterocycles. The average molecular weight is 342 g/mol. The normalized spacial score (nSPS) is 14.9. The molecule has 1 aromatic carbocycles. The number of amides is 2. The quantitative estimate of drug-likeness (QED) is 0.924. The summed E-state index contributed by atoms with van der Waals surface area (Å²) in [5.74, 6) is 1.18. The first-order chi connectivity index (χ1) is 12.2. The number of aromatic nitrogens is 2. The molecule has 7 heteroatoms. The van der Waals surface area contributed by atoms with Gasteiger partial charge in [-0.25, -0.2) is 4.79 Å². The highest BCUT2D eigenvalue weighted by Crippen LogP contribution is 2.24. The van der Waals surface area contributed by atoms with Gasteiger partial charge in [0.25, 0.3) is 0 Å². The van der Waals surface area contributed by atoms with Crippen molar-refractivity contribution in [2.75, 3.05) is 25.5 Å². The maximum atomic E-state index is 12.4. The van der Waals surface area contributed by atoms with Gasteiger partial charge in [-0.2, -0.15) is 5.10 Å². The summed E-state index contributed by atoms with van der Waals surface area (Å²) in [6.45, 7) is 3.14. The molecule has 0 aliphatic carbocycles. The predicted octanol–water partition coefficient (Wildman–Crippen LogP) is 2.87. The highest BCUT2D eigenvalue weighted by molar-refractivity contribution is 5.91. The number of methoxy groups -OCH3 is 1. The van der Waals surface area contributed by atoms with Crippen molar-refractivity contribution >= 4 is 11.7 Å². The molecule has 1 fully saturated rings. The molecule has 0 spiro atoms. The molecule has 0 unspecified atom stereocenters. The van der Waals surface area contributed by atoms with E-state index in [2.05, 4.69) is 15.5 Å². The Balaban J connectivity index is 1.51. The van der Waals surface area contributed by atoms with E-state index >= 15 is 0 Å². The standard InChI is InChI=1S/C18H22N4O3/c1-13-7-8-17(21-20-13)25-14-9-11-22(12-10-14)18(23)19-15-5-3-4-6-16(15)24-2/h3-8,14H,9-12H2,1-2H3,(H,19,23). The minimum Gasteiger partial charge on any atom is -0.495 e. The summed E-state index contributed by atoms with van der Waals surface area (Å²) >= 11 is 0. The van der Waals surface area contributed by atoms with E-state index in [0.29, 0.717) is 30.4 Å². The number of benzene rings is 1. The van der Waals surface area contributed by atoms with Gasteiger partial charge in [-0.3, -0.25) is 0 Å². The van der Waals surface area contributed by atoms with E-state index in [1.807, 2.05) is 43.3 Å². The van der Waals surface area contributed by atoms with Gasteiger partial charge in [0.2, 0.25) is 5.88 Å². The third kappa shape index (κ3) is 4.37. The second-order valence-electron chi connectivity index (χ2n) is 5.95. The van der Waals surface area contributed by atoms with E-state index in [1.54, 1.807) is 12.0 Å². The predicted molar refractivity (Wildman–Crippen MR) is 94.0 cm³/mol. The number of anilines is 1. The van der Waals surface area contributed by atoms with Crippen LogP contribution in [0, 0.1) is 6.92 Å². The van der Waals surface area contributed by atoms with Crippen molar-refractivity contribution in [2.45, 2.75) is 25.9 Å². The molecule has 1 saturated heterocycles. The molecular weight excluding hydrogens is 320 g/mol. The number of nitrogens with zero attached hydrogens (tertiary/aromatic N) is 3. The molecule has 1 aliphatic rings. The number of para-hydroxylation sites is 2. The number of piperidine rings is 1. The Morgan fingerprint density at radius 3 is 2.60 bits per heavy atom. The van der Waals surface area contributed by atoms with Crippen LogP contribution in [0.1, 0.15) is 18.5 Å². The number of urea groups is 1. The smallest absolute Gasteiger partial charge is 0.321 e. The number of carbonyl (C=O) groups excluding carboxylic acids is 1. The summed E-state index contributed by atoms with van der Waals surface area (Å²) in [6, 6.07) is 10.9. The van der Waals surface area contributed by atoms with Gasteiger partial charge in [-0.15, -0.1) is 5.10 Å². The van der Waals surface area contributed by atoms with E-state index in [9.17, 15) is 4.79 Å². The number of hydrogen-bond acceptors (Lipinski definition) is 5. The molecule has 1 aromatic heterocycles. The van der Waals surface area contributed by atoms with Crippen molar-refractivity contribution in [3.63, 3.8) is 0 Å². The van der Waals surface area contributed by atoms with Crippen molar-refractivity contribution in [1.29, 1.82) is 0 Å². The Hall–Kier alpha value is -2.83. The Morgan fingerprint density at radius 1 is 1.16 bits per heavy atom. The van der Waals surface area contributed by atoms with Crippen LogP contribution in [0.3, 0.4) is 0 Å². The van der Waals surface area contributed by atoms with Gasteiger partial charge >= 0.3 is 6.03 Å². The molecule has 1 N–H and O–H groups in total. The van der Waals surface area contributed by atoms with Crippen LogP contribution in [-0.2, 0) is 0 Å². The van der Waals surface area contributed by atoms with Gasteiger partial charge in [0, 0.05) is 32.0 Å². The summed E-state index contributed by atoms with van der Waals surface area (Å²) in [7, 11) is 1.59. The monoisotopic (exact) mass is 342 g/mol. The topological polar surface area (TPSA) is 76.6 Å². The van der Waals surface area contributed by atoms with Crippen LogP contribution in [-0.4, -0.2) is 47.4 Å². The number of ether oxygens (including phenoxy) is 2. The summed E-state index contributed by atoms with van der Waals surface area (Å²) in [5.41, 5.74) is 1.53. The van der Waals surface area contributed by atoms with E-state index in [0.717, 1.165) is 18.5 Å². The number of rotatable bonds is 4. The van der Waals surface area contributed by atoms with Crippen molar-refractivity contribution in [3.05, 3.63) is 42.1 Å². The molecule has 0 saturated carbocycles. The lowest BCUT2D eigenvalue weighted by atomic mass is 10.1. The lowest BCUT2D eigenvalue weighted by molar-refractivity contribution is 0.110. The molecule has 2 amide bonds. The third-order valence-electron chi connectivity index (χ3n) is 4.14. The molecule has 2 aromatic rings. The van der Waals surface area contributed by atoms with Crippen LogP contribution < -0.4 is 14.8 Å². The average Bonchev–Trinajstić information content (AvgIpc) is 2.64. The van der Waals surface area contributed by atoms with Gasteiger partial charge in [0.1, 0.15) is 11.9 Å². The molecule has 25 heavy (non-hydrogen) atoms. The molecule has 0 radical (unpaired) electrons. The van der Waals surface area contributed by atoms with E-state index in [1.165, 1.54) is 0 Å². The fraction of sp³-hybridized carbons (Fsp3) is 0.389. The number of aryl methyl sites for hydroxylation is 1. The summed E-state index contributed by atoms with van der Waals surface area (Å²) in [5, 5.41) is 10.9. The summed E-state index contributed by atoms with van der Waals surface area (Å²) in [4.78, 5) is 14.2. The van der Waals surface area contributed by atoms with E-state index in [-0.39, 0.29) is 12.1 Å². The highest BCUT2D eigenvalue weighted by Gasteiger charge is 2.24. The van der Waals surface area contributed by atoms with Gasteiger partial charge < -0.3 is 19.7 Å². The zero-order valence-corrected chi connectivity index (χ0v) is 14.4. The fourth-order valence-corrected chi connectivity index (χ4v) is 2.74. The van der Waals surface area contributed by atoms with Crippen LogP contribution in [0.4, 0.5) is 10.5 Å². The first-order valence-corrected chi connectivity index (χ1v) is 8.31. The largest absolute Gasteiger partial charge is 0.495 e. The van der Waals surface area contributed by atoms with E-state index < -0.39 is 0 Å². The van der Waals surface area contributed by atoms with Crippen molar-refractivity contribution in [2.24, 2.45) is 0 Å². The van der Waals surface area contributed by atoms with Gasteiger partial charge in [0.05, 0.1) is 18.5 Å². The van der Waals surface area contributed by atoms with E-state index in [4.69, 9.17) is 9.47 Å². The maximum absolute atomic E-state index is 12.4. The maximum Gasteiger partial charge on any atom is 0.321 e. The zero-order chi connectivity index (χ0) is 17.6. The lowest BCUT2D eigenvalue weighted by Gasteiger charge is -2.32. The van der Waals surface area contributed by atoms with Crippen molar-refractivity contribution in [1.82, 2.24) is 15.1 Å². The number of likely N-dealkylation sites (tertiary alicyclic amines) is 1. The number of carbonyl (C=O) groups is 1. The molecule has 132 valence electrons. The Bertz CT molecular complexity index is 713. The summed E-state index contributed by atoms with van der Waals surface area (Å²) in [6.07, 6.45) is 1.57. The third-order valence-corrected chi connectivity index (χ3v) is 4.14. The number of hydrogen-bond donors (Lipinski definition) is 1. The van der Waals surface area contributed by atoms with Crippen molar-refractivity contribution in [3.8, 4) is 11.6 Å². The number of nitrogens with one attached hydrogen (secondary N) is 1. The molecule has 0 atom stereocenters.